The number of imidazole rings is 1. The fourth-order valence-corrected chi connectivity index (χ4v) is 2.57. The molecule has 1 heterocycles. The van der Waals surface area contributed by atoms with Crippen LogP contribution in [-0.2, 0) is 0 Å². The summed E-state index contributed by atoms with van der Waals surface area (Å²) in [5.74, 6) is -0.930. The van der Waals surface area contributed by atoms with Crippen molar-refractivity contribution in [2.24, 2.45) is 0 Å². The van der Waals surface area contributed by atoms with Crippen LogP contribution < -0.4 is 0 Å². The van der Waals surface area contributed by atoms with Gasteiger partial charge in [0, 0.05) is 17.8 Å². The largest absolute Gasteiger partial charge is 0.507 e. The van der Waals surface area contributed by atoms with Gasteiger partial charge in [-0.1, -0.05) is 37.3 Å². The molecular formula is C20H22N2O3. The van der Waals surface area contributed by atoms with Crippen molar-refractivity contribution in [3.8, 4) is 5.75 Å². The number of benzene rings is 2. The van der Waals surface area contributed by atoms with Crippen LogP contribution in [0.15, 0.2) is 55.0 Å². The van der Waals surface area contributed by atoms with E-state index in [4.69, 9.17) is 10.2 Å². The van der Waals surface area contributed by atoms with E-state index in [0.717, 1.165) is 0 Å². The zero-order chi connectivity index (χ0) is 18.4. The molecule has 25 heavy (non-hydrogen) atoms. The zero-order valence-corrected chi connectivity index (χ0v) is 14.5. The number of carboxylic acids is 1. The molecule has 5 nitrogen and oxygen atoms in total. The summed E-state index contributed by atoms with van der Waals surface area (Å²) in [5.41, 5.74) is 5.20. The molecule has 0 aliphatic carbocycles. The van der Waals surface area contributed by atoms with E-state index in [1.807, 2.05) is 6.20 Å². The summed E-state index contributed by atoms with van der Waals surface area (Å²) in [6, 6.07) is 12.3. The molecule has 0 aliphatic heterocycles. The van der Waals surface area contributed by atoms with Crippen molar-refractivity contribution in [1.29, 1.82) is 0 Å². The van der Waals surface area contributed by atoms with Gasteiger partial charge in [-0.15, -0.1) is 0 Å². The highest BCUT2D eigenvalue weighted by Crippen LogP contribution is 2.26. The maximum absolute atomic E-state index is 10.3. The van der Waals surface area contributed by atoms with Crippen LogP contribution in [0.3, 0.4) is 0 Å². The third kappa shape index (κ3) is 4.47. The van der Waals surface area contributed by atoms with Gasteiger partial charge in [-0.2, -0.15) is 0 Å². The lowest BCUT2D eigenvalue weighted by Gasteiger charge is -2.14. The topological polar surface area (TPSA) is 86.2 Å². The van der Waals surface area contributed by atoms with Gasteiger partial charge in [0.05, 0.1) is 6.33 Å². The van der Waals surface area contributed by atoms with E-state index in [0.29, 0.717) is 5.92 Å². The second-order valence-electron chi connectivity index (χ2n) is 5.84. The van der Waals surface area contributed by atoms with Gasteiger partial charge in [0.1, 0.15) is 11.3 Å². The Balaban J connectivity index is 0.000000196. The molecule has 0 bridgehead atoms. The van der Waals surface area contributed by atoms with Crippen molar-refractivity contribution in [2.45, 2.75) is 26.7 Å². The lowest BCUT2D eigenvalue weighted by Crippen LogP contribution is -2.00. The van der Waals surface area contributed by atoms with E-state index >= 15 is 0 Å². The summed E-state index contributed by atoms with van der Waals surface area (Å²) in [4.78, 5) is 17.5. The average molecular weight is 338 g/mol. The SMILES string of the molecule is Cc1cccc([C@H](C)c2cnc[nH]2)c1C.O=C(O)c1ccccc1O. The van der Waals surface area contributed by atoms with Crippen molar-refractivity contribution in [3.63, 3.8) is 0 Å². The van der Waals surface area contributed by atoms with Crippen LogP contribution in [0.5, 0.6) is 5.75 Å². The van der Waals surface area contributed by atoms with Crippen LogP contribution in [0.25, 0.3) is 0 Å². The molecule has 1 atom stereocenters. The molecule has 2 aromatic carbocycles. The van der Waals surface area contributed by atoms with E-state index in [9.17, 15) is 4.79 Å². The van der Waals surface area contributed by atoms with Gasteiger partial charge in [-0.05, 0) is 42.7 Å². The second kappa shape index (κ2) is 8.15. The number of aromatic amines is 1. The molecule has 130 valence electrons. The van der Waals surface area contributed by atoms with Crippen LogP contribution in [0.1, 0.15) is 45.6 Å². The highest BCUT2D eigenvalue weighted by atomic mass is 16.4. The zero-order valence-electron chi connectivity index (χ0n) is 14.5. The molecule has 5 heteroatoms. The van der Waals surface area contributed by atoms with Crippen molar-refractivity contribution >= 4 is 5.97 Å². The summed E-state index contributed by atoms with van der Waals surface area (Å²) in [5, 5.41) is 17.3. The van der Waals surface area contributed by atoms with Crippen LogP contribution in [-0.4, -0.2) is 26.2 Å². The summed E-state index contributed by atoms with van der Waals surface area (Å²) in [6.45, 7) is 6.53. The number of H-pyrrole nitrogens is 1. The van der Waals surface area contributed by atoms with Crippen LogP contribution in [0, 0.1) is 13.8 Å². The Labute approximate surface area is 147 Å². The number of hydrogen-bond donors (Lipinski definition) is 3. The molecule has 1 aromatic heterocycles. The van der Waals surface area contributed by atoms with Crippen LogP contribution in [0.2, 0.25) is 0 Å². The standard InChI is InChI=1S/C13H16N2.C7H6O3/c1-9-5-4-6-12(10(9)2)11(3)13-7-14-8-15-13;8-6-4-2-1-3-5(6)7(9)10/h4-8,11H,1-3H3,(H,14,15);1-4,8H,(H,9,10)/t11-;/m0./s1. The Kier molecular flexibility index (Phi) is 5.95. The van der Waals surface area contributed by atoms with Gasteiger partial charge in [0.2, 0.25) is 0 Å². The molecule has 0 fully saturated rings. The average Bonchev–Trinajstić information content (AvgIpc) is 3.12. The first kappa shape index (κ1) is 18.3. The number of aromatic hydroxyl groups is 1. The van der Waals surface area contributed by atoms with Gasteiger partial charge in [-0.25, -0.2) is 9.78 Å². The number of para-hydroxylation sites is 1. The summed E-state index contributed by atoms with van der Waals surface area (Å²) in [6.07, 6.45) is 3.63. The minimum absolute atomic E-state index is 0.0671. The predicted molar refractivity (Wildman–Crippen MR) is 97.1 cm³/mol. The molecule has 0 amide bonds. The maximum Gasteiger partial charge on any atom is 0.339 e. The third-order valence-corrected chi connectivity index (χ3v) is 4.23. The molecule has 3 rings (SSSR count). The molecule has 0 aliphatic rings. The first-order valence-corrected chi connectivity index (χ1v) is 7.97. The number of nitrogens with one attached hydrogen (secondary N) is 1. The Morgan fingerprint density at radius 2 is 1.84 bits per heavy atom. The van der Waals surface area contributed by atoms with E-state index in [2.05, 4.69) is 48.9 Å². The van der Waals surface area contributed by atoms with E-state index in [1.165, 1.54) is 34.5 Å². The van der Waals surface area contributed by atoms with Crippen LogP contribution >= 0.6 is 0 Å². The Bertz CT molecular complexity index is 842. The highest BCUT2D eigenvalue weighted by Gasteiger charge is 2.12. The van der Waals surface area contributed by atoms with Gasteiger partial charge in [-0.3, -0.25) is 0 Å². The van der Waals surface area contributed by atoms with Gasteiger partial charge >= 0.3 is 5.97 Å². The van der Waals surface area contributed by atoms with E-state index in [-0.39, 0.29) is 11.3 Å². The molecular weight excluding hydrogens is 316 g/mol. The Hall–Kier alpha value is -3.08. The summed E-state index contributed by atoms with van der Waals surface area (Å²) in [7, 11) is 0. The Morgan fingerprint density at radius 3 is 2.40 bits per heavy atom. The number of nitrogens with zero attached hydrogens (tertiary/aromatic N) is 1. The number of aryl methyl sites for hydroxylation is 1. The van der Waals surface area contributed by atoms with Gasteiger partial charge in [0.15, 0.2) is 0 Å². The summed E-state index contributed by atoms with van der Waals surface area (Å²) < 4.78 is 0. The van der Waals surface area contributed by atoms with Crippen molar-refractivity contribution < 1.29 is 15.0 Å². The fraction of sp³-hybridized carbons (Fsp3) is 0.200. The maximum atomic E-state index is 10.3. The molecule has 0 radical (unpaired) electrons. The molecule has 3 N–H and O–H groups in total. The molecule has 0 saturated carbocycles. The number of aromatic nitrogens is 2. The quantitative estimate of drug-likeness (QED) is 0.666. The van der Waals surface area contributed by atoms with E-state index < -0.39 is 5.97 Å². The first-order chi connectivity index (χ1) is 11.9. The number of carbonyl (C=O) groups is 1. The lowest BCUT2D eigenvalue weighted by atomic mass is 9.92. The number of rotatable bonds is 3. The van der Waals surface area contributed by atoms with Crippen LogP contribution in [0.4, 0.5) is 0 Å². The van der Waals surface area contributed by atoms with E-state index in [1.54, 1.807) is 18.5 Å². The summed E-state index contributed by atoms with van der Waals surface area (Å²) >= 11 is 0. The minimum atomic E-state index is -1.11. The molecule has 0 spiro atoms. The highest BCUT2D eigenvalue weighted by molar-refractivity contribution is 5.90. The third-order valence-electron chi connectivity index (χ3n) is 4.23. The second-order valence-corrected chi connectivity index (χ2v) is 5.84. The minimum Gasteiger partial charge on any atom is -0.507 e. The number of carboxylic acid groups (broad SMARTS) is 1. The van der Waals surface area contributed by atoms with Gasteiger partial charge in [0.25, 0.3) is 0 Å². The van der Waals surface area contributed by atoms with Crippen molar-refractivity contribution in [3.05, 3.63) is 82.9 Å². The first-order valence-electron chi connectivity index (χ1n) is 7.97. The molecule has 0 unspecified atom stereocenters. The predicted octanol–water partition coefficient (Wildman–Crippen LogP) is 4.27. The Morgan fingerprint density at radius 1 is 1.12 bits per heavy atom. The number of phenols is 1. The normalized spacial score (nSPS) is 11.3. The van der Waals surface area contributed by atoms with Gasteiger partial charge < -0.3 is 15.2 Å². The molecule has 3 aromatic rings. The number of aromatic carboxylic acids is 1. The van der Waals surface area contributed by atoms with Crippen molar-refractivity contribution in [1.82, 2.24) is 9.97 Å². The lowest BCUT2D eigenvalue weighted by molar-refractivity contribution is 0.0693. The smallest absolute Gasteiger partial charge is 0.339 e. The fourth-order valence-electron chi connectivity index (χ4n) is 2.57. The number of hydrogen-bond acceptors (Lipinski definition) is 3. The monoisotopic (exact) mass is 338 g/mol. The van der Waals surface area contributed by atoms with Crippen molar-refractivity contribution in [2.75, 3.05) is 0 Å². The molecule has 0 saturated heterocycles.